The Labute approximate surface area is 137 Å². The van der Waals surface area contributed by atoms with Crippen LogP contribution in [0.25, 0.3) is 0 Å². The van der Waals surface area contributed by atoms with Crippen molar-refractivity contribution in [2.75, 3.05) is 12.7 Å². The third-order valence-electron chi connectivity index (χ3n) is 3.53. The SMILES string of the molecule is c1ccc(P(CCNCc2cccs2)c2ccccc2)cc1. The van der Waals surface area contributed by atoms with Gasteiger partial charge in [0.25, 0.3) is 0 Å². The number of hydrogen-bond acceptors (Lipinski definition) is 2. The lowest BCUT2D eigenvalue weighted by atomic mass is 10.4. The van der Waals surface area contributed by atoms with Gasteiger partial charge >= 0.3 is 0 Å². The van der Waals surface area contributed by atoms with Crippen molar-refractivity contribution in [1.29, 1.82) is 0 Å². The van der Waals surface area contributed by atoms with Gasteiger partial charge in [0.1, 0.15) is 0 Å². The number of hydrogen-bond donors (Lipinski definition) is 1. The lowest BCUT2D eigenvalue weighted by Crippen LogP contribution is -2.22. The number of benzene rings is 2. The van der Waals surface area contributed by atoms with Crippen LogP contribution in [0.5, 0.6) is 0 Å². The number of rotatable bonds is 7. The summed E-state index contributed by atoms with van der Waals surface area (Å²) in [6.07, 6.45) is 1.18. The maximum atomic E-state index is 3.58. The molecule has 1 nitrogen and oxygen atoms in total. The zero-order chi connectivity index (χ0) is 15.0. The van der Waals surface area contributed by atoms with Crippen LogP contribution < -0.4 is 15.9 Å². The molecule has 0 unspecified atom stereocenters. The first kappa shape index (κ1) is 15.4. The number of thiophene rings is 1. The summed E-state index contributed by atoms with van der Waals surface area (Å²) in [5, 5.41) is 8.64. The Kier molecular flexibility index (Phi) is 5.78. The normalized spacial score (nSPS) is 11.0. The van der Waals surface area contributed by atoms with Crippen molar-refractivity contribution < 1.29 is 0 Å². The minimum Gasteiger partial charge on any atom is -0.311 e. The highest BCUT2D eigenvalue weighted by Crippen LogP contribution is 2.32. The molecule has 1 heterocycles. The van der Waals surface area contributed by atoms with Crippen LogP contribution in [0.3, 0.4) is 0 Å². The number of nitrogens with one attached hydrogen (secondary N) is 1. The van der Waals surface area contributed by atoms with Crippen molar-refractivity contribution in [1.82, 2.24) is 5.32 Å². The van der Waals surface area contributed by atoms with Gasteiger partial charge in [-0.3, -0.25) is 0 Å². The summed E-state index contributed by atoms with van der Waals surface area (Å²) in [6.45, 7) is 2.03. The van der Waals surface area contributed by atoms with Crippen molar-refractivity contribution >= 4 is 29.9 Å². The molecule has 0 fully saturated rings. The highest BCUT2D eigenvalue weighted by Gasteiger charge is 2.12. The second-order valence-electron chi connectivity index (χ2n) is 5.08. The molecule has 22 heavy (non-hydrogen) atoms. The van der Waals surface area contributed by atoms with E-state index in [-0.39, 0.29) is 7.92 Å². The van der Waals surface area contributed by atoms with Gasteiger partial charge in [0.05, 0.1) is 0 Å². The Bertz CT molecular complexity index is 613. The predicted molar refractivity (Wildman–Crippen MR) is 100.0 cm³/mol. The van der Waals surface area contributed by atoms with Gasteiger partial charge in [0, 0.05) is 18.0 Å². The van der Waals surface area contributed by atoms with E-state index in [2.05, 4.69) is 83.5 Å². The van der Waals surface area contributed by atoms with Crippen LogP contribution >= 0.6 is 19.3 Å². The molecule has 3 aromatic rings. The zero-order valence-corrected chi connectivity index (χ0v) is 14.2. The van der Waals surface area contributed by atoms with Crippen LogP contribution in [0.15, 0.2) is 78.2 Å². The molecular formula is C19H20NPS. The van der Waals surface area contributed by atoms with Gasteiger partial charge in [0.15, 0.2) is 0 Å². The second kappa shape index (κ2) is 8.24. The molecule has 3 heteroatoms. The first-order valence-electron chi connectivity index (χ1n) is 7.54. The van der Waals surface area contributed by atoms with Crippen molar-refractivity contribution in [2.45, 2.75) is 6.54 Å². The maximum Gasteiger partial charge on any atom is 0.0299 e. The monoisotopic (exact) mass is 325 g/mol. The molecule has 0 aliphatic rings. The first-order chi connectivity index (χ1) is 10.9. The Morgan fingerprint density at radius 1 is 0.773 bits per heavy atom. The second-order valence-corrected chi connectivity index (χ2v) is 8.45. The van der Waals surface area contributed by atoms with Crippen LogP contribution in [0, 0.1) is 0 Å². The van der Waals surface area contributed by atoms with Gasteiger partial charge in [-0.1, -0.05) is 66.7 Å². The van der Waals surface area contributed by atoms with Gasteiger partial charge in [-0.2, -0.15) is 0 Å². The average Bonchev–Trinajstić information content (AvgIpc) is 3.10. The summed E-state index contributed by atoms with van der Waals surface area (Å²) in [6, 6.07) is 26.1. The fraction of sp³-hybridized carbons (Fsp3) is 0.158. The van der Waals surface area contributed by atoms with Crippen molar-refractivity contribution in [2.24, 2.45) is 0 Å². The smallest absolute Gasteiger partial charge is 0.0299 e. The highest BCUT2D eigenvalue weighted by molar-refractivity contribution is 7.73. The fourth-order valence-corrected chi connectivity index (χ4v) is 5.37. The summed E-state index contributed by atoms with van der Waals surface area (Å²) < 4.78 is 0. The Morgan fingerprint density at radius 2 is 1.41 bits per heavy atom. The van der Waals surface area contributed by atoms with Crippen LogP contribution in [0.4, 0.5) is 0 Å². The van der Waals surface area contributed by atoms with Crippen LogP contribution in [0.1, 0.15) is 4.88 Å². The lowest BCUT2D eigenvalue weighted by Gasteiger charge is -2.19. The molecule has 1 N–H and O–H groups in total. The molecule has 0 spiro atoms. The molecule has 0 saturated carbocycles. The molecule has 0 radical (unpaired) electrons. The maximum absolute atomic E-state index is 3.58. The van der Waals surface area contributed by atoms with Crippen molar-refractivity contribution in [3.05, 3.63) is 83.1 Å². The molecule has 0 amide bonds. The Morgan fingerprint density at radius 3 is 1.95 bits per heavy atom. The molecule has 3 rings (SSSR count). The van der Waals surface area contributed by atoms with E-state index in [0.717, 1.165) is 13.1 Å². The highest BCUT2D eigenvalue weighted by atomic mass is 32.1. The Hall–Kier alpha value is -1.47. The fourth-order valence-electron chi connectivity index (χ4n) is 2.44. The molecule has 112 valence electrons. The molecular weight excluding hydrogens is 305 g/mol. The summed E-state index contributed by atoms with van der Waals surface area (Å²) in [5.74, 6) is 0. The molecule has 1 aromatic heterocycles. The van der Waals surface area contributed by atoms with E-state index in [4.69, 9.17) is 0 Å². The van der Waals surface area contributed by atoms with Crippen molar-refractivity contribution in [3.8, 4) is 0 Å². The quantitative estimate of drug-likeness (QED) is 0.512. The van der Waals surface area contributed by atoms with Gasteiger partial charge in [-0.05, 0) is 36.1 Å². The molecule has 0 aliphatic carbocycles. The summed E-state index contributed by atoms with van der Waals surface area (Å²) in [5.41, 5.74) is 0. The summed E-state index contributed by atoms with van der Waals surface area (Å²) in [7, 11) is -0.279. The van der Waals surface area contributed by atoms with E-state index < -0.39 is 0 Å². The van der Waals surface area contributed by atoms with Gasteiger partial charge in [-0.15, -0.1) is 11.3 Å². The first-order valence-corrected chi connectivity index (χ1v) is 9.95. The minimum atomic E-state index is -0.279. The van der Waals surface area contributed by atoms with Crippen molar-refractivity contribution in [3.63, 3.8) is 0 Å². The standard InChI is InChI=1S/C19H20NPS/c1-3-8-17(9-4-1)21(18-10-5-2-6-11-18)14-13-20-16-19-12-7-15-22-19/h1-12,15,20H,13-14,16H2. The summed E-state index contributed by atoms with van der Waals surface area (Å²) >= 11 is 1.82. The van der Waals surface area contributed by atoms with E-state index in [0.29, 0.717) is 0 Å². The molecule has 0 aliphatic heterocycles. The van der Waals surface area contributed by atoms with E-state index in [9.17, 15) is 0 Å². The lowest BCUT2D eigenvalue weighted by molar-refractivity contribution is 0.740. The van der Waals surface area contributed by atoms with Crippen LogP contribution in [0.2, 0.25) is 0 Å². The predicted octanol–water partition coefficient (Wildman–Crippen LogP) is 3.97. The molecule has 0 atom stereocenters. The molecule has 0 bridgehead atoms. The Balaban J connectivity index is 1.64. The minimum absolute atomic E-state index is 0.279. The van der Waals surface area contributed by atoms with Gasteiger partial charge in [0.2, 0.25) is 0 Å². The van der Waals surface area contributed by atoms with E-state index in [1.54, 1.807) is 0 Å². The van der Waals surface area contributed by atoms with E-state index in [1.807, 2.05) is 11.3 Å². The van der Waals surface area contributed by atoms with Gasteiger partial charge < -0.3 is 5.32 Å². The summed E-state index contributed by atoms with van der Waals surface area (Å²) in [4.78, 5) is 1.41. The molecule has 0 saturated heterocycles. The van der Waals surface area contributed by atoms with E-state index in [1.165, 1.54) is 21.6 Å². The molecule has 2 aromatic carbocycles. The van der Waals surface area contributed by atoms with Crippen LogP contribution in [-0.4, -0.2) is 12.7 Å². The zero-order valence-electron chi connectivity index (χ0n) is 12.5. The third-order valence-corrected chi connectivity index (χ3v) is 6.92. The van der Waals surface area contributed by atoms with Gasteiger partial charge in [-0.25, -0.2) is 0 Å². The van der Waals surface area contributed by atoms with E-state index >= 15 is 0 Å². The largest absolute Gasteiger partial charge is 0.311 e. The third kappa shape index (κ3) is 4.27. The van der Waals surface area contributed by atoms with Crippen LogP contribution in [-0.2, 0) is 6.54 Å². The topological polar surface area (TPSA) is 12.0 Å². The average molecular weight is 325 g/mol.